The number of thioether (sulfide) groups is 1. The van der Waals surface area contributed by atoms with Crippen LogP contribution >= 0.6 is 11.8 Å². The summed E-state index contributed by atoms with van der Waals surface area (Å²) in [6.45, 7) is 6.25. The third-order valence-corrected chi connectivity index (χ3v) is 6.76. The van der Waals surface area contributed by atoms with E-state index in [0.717, 1.165) is 58.0 Å². The smallest absolute Gasteiger partial charge is 0.234 e. The highest BCUT2D eigenvalue weighted by Crippen LogP contribution is 2.30. The Labute approximate surface area is 210 Å². The first-order valence-corrected chi connectivity index (χ1v) is 12.7. The molecule has 1 heterocycles. The highest BCUT2D eigenvalue weighted by Gasteiger charge is 2.18. The molecule has 0 unspecified atom stereocenters. The van der Waals surface area contributed by atoms with Crippen molar-refractivity contribution in [2.75, 3.05) is 18.2 Å². The van der Waals surface area contributed by atoms with E-state index in [1.165, 1.54) is 11.8 Å². The Hall–Kier alpha value is -3.58. The number of para-hydroxylation sites is 1. The van der Waals surface area contributed by atoms with Crippen LogP contribution < -0.4 is 10.1 Å². The average Bonchev–Trinajstić information content (AvgIpc) is 3.31. The monoisotopic (exact) mass is 486 g/mol. The maximum atomic E-state index is 13.0. The Morgan fingerprint density at radius 1 is 0.971 bits per heavy atom. The third-order valence-electron chi connectivity index (χ3n) is 5.84. The fraction of sp³-hybridized carbons (Fsp3) is 0.250. The number of carbonyl (C=O) groups excluding carboxylic acids is 1. The van der Waals surface area contributed by atoms with Gasteiger partial charge >= 0.3 is 0 Å². The molecule has 180 valence electrons. The molecule has 4 aromatic rings. The quantitative estimate of drug-likeness (QED) is 0.289. The molecule has 7 heteroatoms. The summed E-state index contributed by atoms with van der Waals surface area (Å²) < 4.78 is 7.31. The van der Waals surface area contributed by atoms with Crippen LogP contribution in [-0.2, 0) is 17.6 Å². The molecule has 1 amide bonds. The number of ether oxygens (including phenoxy) is 1. The highest BCUT2D eigenvalue weighted by atomic mass is 32.2. The number of nitrogens with one attached hydrogen (secondary N) is 1. The predicted molar refractivity (Wildman–Crippen MR) is 143 cm³/mol. The summed E-state index contributed by atoms with van der Waals surface area (Å²) in [4.78, 5) is 13.0. The van der Waals surface area contributed by atoms with Gasteiger partial charge in [-0.15, -0.1) is 10.2 Å². The van der Waals surface area contributed by atoms with Crippen molar-refractivity contribution in [1.82, 2.24) is 14.8 Å². The van der Waals surface area contributed by atoms with Crippen LogP contribution in [0, 0.1) is 6.92 Å². The van der Waals surface area contributed by atoms with Crippen LogP contribution in [0.2, 0.25) is 0 Å². The largest absolute Gasteiger partial charge is 0.497 e. The van der Waals surface area contributed by atoms with E-state index in [4.69, 9.17) is 4.74 Å². The number of aromatic nitrogens is 3. The second kappa shape index (κ2) is 11.2. The summed E-state index contributed by atoms with van der Waals surface area (Å²) in [5.74, 6) is 1.66. The molecule has 0 aliphatic heterocycles. The molecule has 1 aromatic heterocycles. The second-order valence-corrected chi connectivity index (χ2v) is 9.15. The van der Waals surface area contributed by atoms with Crippen molar-refractivity contribution in [3.63, 3.8) is 0 Å². The number of benzene rings is 3. The molecule has 0 atom stereocenters. The lowest BCUT2D eigenvalue weighted by Crippen LogP contribution is -2.17. The molecular formula is C28H30N4O2S. The molecule has 0 saturated carbocycles. The van der Waals surface area contributed by atoms with E-state index < -0.39 is 0 Å². The summed E-state index contributed by atoms with van der Waals surface area (Å²) in [6, 6.07) is 22.1. The van der Waals surface area contributed by atoms with Crippen molar-refractivity contribution in [3.8, 4) is 22.8 Å². The van der Waals surface area contributed by atoms with Crippen LogP contribution in [0.4, 0.5) is 5.69 Å². The van der Waals surface area contributed by atoms with Gasteiger partial charge in [-0.3, -0.25) is 9.36 Å². The summed E-state index contributed by atoms with van der Waals surface area (Å²) in [5.41, 5.74) is 6.23. The predicted octanol–water partition coefficient (Wildman–Crippen LogP) is 6.11. The molecule has 0 fully saturated rings. The van der Waals surface area contributed by atoms with Gasteiger partial charge in [-0.25, -0.2) is 0 Å². The molecule has 0 radical (unpaired) electrons. The normalized spacial score (nSPS) is 10.9. The molecule has 6 nitrogen and oxygen atoms in total. The van der Waals surface area contributed by atoms with Crippen LogP contribution in [0.1, 0.15) is 30.5 Å². The van der Waals surface area contributed by atoms with Crippen molar-refractivity contribution in [1.29, 1.82) is 0 Å². The molecule has 3 aromatic carbocycles. The maximum absolute atomic E-state index is 13.0. The summed E-state index contributed by atoms with van der Waals surface area (Å²) in [6.07, 6.45) is 1.73. The molecule has 4 rings (SSSR count). The first-order valence-electron chi connectivity index (χ1n) is 11.7. The highest BCUT2D eigenvalue weighted by molar-refractivity contribution is 7.99. The standard InChI is InChI=1S/C28H30N4O2S/c1-5-20-10-8-11-21(6-2)26(20)29-25(33)18-35-28-31-30-27(22-12-7-9-19(3)17-22)32(28)23-13-15-24(34-4)16-14-23/h7-17H,5-6,18H2,1-4H3,(H,29,33). The van der Waals surface area contributed by atoms with Crippen LogP contribution in [0.3, 0.4) is 0 Å². The number of aryl methyl sites for hydroxylation is 3. The number of nitrogens with zero attached hydrogens (tertiary/aromatic N) is 3. The van der Waals surface area contributed by atoms with E-state index in [-0.39, 0.29) is 11.7 Å². The average molecular weight is 487 g/mol. The Balaban J connectivity index is 1.62. The summed E-state index contributed by atoms with van der Waals surface area (Å²) in [7, 11) is 1.65. The van der Waals surface area contributed by atoms with E-state index in [1.54, 1.807) is 7.11 Å². The van der Waals surface area contributed by atoms with Crippen molar-refractivity contribution in [2.45, 2.75) is 38.8 Å². The van der Waals surface area contributed by atoms with Crippen LogP contribution in [-0.4, -0.2) is 33.5 Å². The lowest BCUT2D eigenvalue weighted by atomic mass is 10.0. The molecule has 0 aliphatic rings. The van der Waals surface area contributed by atoms with Gasteiger partial charge in [0.2, 0.25) is 5.91 Å². The van der Waals surface area contributed by atoms with E-state index in [2.05, 4.69) is 60.6 Å². The minimum atomic E-state index is -0.0630. The van der Waals surface area contributed by atoms with Gasteiger partial charge in [0.05, 0.1) is 12.9 Å². The zero-order valence-electron chi connectivity index (χ0n) is 20.5. The molecule has 0 saturated heterocycles. The van der Waals surface area contributed by atoms with Gasteiger partial charge in [0, 0.05) is 16.9 Å². The molecular weight excluding hydrogens is 456 g/mol. The van der Waals surface area contributed by atoms with Gasteiger partial charge < -0.3 is 10.1 Å². The molecule has 35 heavy (non-hydrogen) atoms. The minimum absolute atomic E-state index is 0.0630. The molecule has 0 bridgehead atoms. The third kappa shape index (κ3) is 5.57. The molecule has 0 spiro atoms. The lowest BCUT2D eigenvalue weighted by molar-refractivity contribution is -0.113. The summed E-state index contributed by atoms with van der Waals surface area (Å²) in [5, 5.41) is 12.7. The number of carbonyl (C=O) groups is 1. The molecule has 0 aliphatic carbocycles. The van der Waals surface area contributed by atoms with Crippen molar-refractivity contribution in [3.05, 3.63) is 83.4 Å². The number of amides is 1. The Morgan fingerprint density at radius 3 is 2.29 bits per heavy atom. The summed E-state index contributed by atoms with van der Waals surface area (Å²) >= 11 is 1.37. The first kappa shape index (κ1) is 24.5. The van der Waals surface area contributed by atoms with E-state index in [9.17, 15) is 4.79 Å². The van der Waals surface area contributed by atoms with E-state index >= 15 is 0 Å². The van der Waals surface area contributed by atoms with E-state index in [0.29, 0.717) is 5.16 Å². The lowest BCUT2D eigenvalue weighted by Gasteiger charge is -2.14. The fourth-order valence-corrected chi connectivity index (χ4v) is 4.76. The molecule has 1 N–H and O–H groups in total. The maximum Gasteiger partial charge on any atom is 0.234 e. The first-order chi connectivity index (χ1) is 17.0. The van der Waals surface area contributed by atoms with Crippen LogP contribution in [0.5, 0.6) is 5.75 Å². The number of methoxy groups -OCH3 is 1. The number of anilines is 1. The number of rotatable bonds is 9. The second-order valence-electron chi connectivity index (χ2n) is 8.20. The van der Waals surface area contributed by atoms with Crippen molar-refractivity contribution < 1.29 is 9.53 Å². The minimum Gasteiger partial charge on any atom is -0.497 e. The zero-order valence-corrected chi connectivity index (χ0v) is 21.4. The van der Waals surface area contributed by atoms with Crippen LogP contribution in [0.15, 0.2) is 71.9 Å². The van der Waals surface area contributed by atoms with Gasteiger partial charge in [0.25, 0.3) is 0 Å². The van der Waals surface area contributed by atoms with Crippen LogP contribution in [0.25, 0.3) is 17.1 Å². The Kier molecular flexibility index (Phi) is 7.87. The van der Waals surface area contributed by atoms with Crippen molar-refractivity contribution >= 4 is 23.4 Å². The van der Waals surface area contributed by atoms with Gasteiger partial charge in [-0.1, -0.05) is 67.6 Å². The van der Waals surface area contributed by atoms with E-state index in [1.807, 2.05) is 47.0 Å². The fourth-order valence-electron chi connectivity index (χ4n) is 4.01. The van der Waals surface area contributed by atoms with Gasteiger partial charge in [0.15, 0.2) is 11.0 Å². The van der Waals surface area contributed by atoms with Gasteiger partial charge in [0.1, 0.15) is 5.75 Å². The number of hydrogen-bond donors (Lipinski definition) is 1. The van der Waals surface area contributed by atoms with Gasteiger partial charge in [-0.2, -0.15) is 0 Å². The Bertz CT molecular complexity index is 1290. The van der Waals surface area contributed by atoms with Crippen molar-refractivity contribution in [2.24, 2.45) is 0 Å². The van der Waals surface area contributed by atoms with Gasteiger partial charge in [-0.05, 0) is 61.2 Å². The topological polar surface area (TPSA) is 69.0 Å². The zero-order chi connectivity index (χ0) is 24.8. The SMILES string of the molecule is CCc1cccc(CC)c1NC(=O)CSc1nnc(-c2cccc(C)c2)n1-c1ccc(OC)cc1. The number of hydrogen-bond acceptors (Lipinski definition) is 5. The Morgan fingerprint density at radius 2 is 1.66 bits per heavy atom.